The van der Waals surface area contributed by atoms with Crippen LogP contribution in [0.15, 0.2) is 75.1 Å². The molecule has 0 saturated heterocycles. The van der Waals surface area contributed by atoms with Gasteiger partial charge < -0.3 is 5.32 Å². The topological polar surface area (TPSA) is 64.0 Å². The molecule has 1 heterocycles. The van der Waals surface area contributed by atoms with E-state index in [1.807, 2.05) is 75.4 Å². The number of carbonyl (C=O) groups is 1. The lowest BCUT2D eigenvalue weighted by molar-refractivity contribution is -0.113. The molecule has 0 fully saturated rings. The van der Waals surface area contributed by atoms with Crippen LogP contribution in [0.5, 0.6) is 0 Å². The van der Waals surface area contributed by atoms with Gasteiger partial charge in [0, 0.05) is 4.47 Å². The van der Waals surface area contributed by atoms with Crippen molar-refractivity contribution in [1.29, 1.82) is 0 Å². The van der Waals surface area contributed by atoms with E-state index >= 15 is 0 Å². The standard InChI is InChI=1S/C25H22BrN3O2S/c1-15-9-11-22(17(3)12-15)29-24(31)18-6-4-5-7-20(18)28-25(29)32-14-23(30)27-21-10-8-16(2)13-19(21)26/h4-13H,14H2,1-3H3,(H,27,30). The van der Waals surface area contributed by atoms with Gasteiger partial charge in [-0.3, -0.25) is 14.2 Å². The second-order valence-corrected chi connectivity index (χ2v) is 9.46. The van der Waals surface area contributed by atoms with Gasteiger partial charge in [0.05, 0.1) is 28.0 Å². The number of aromatic nitrogens is 2. The molecule has 1 N–H and O–H groups in total. The number of aryl methyl sites for hydroxylation is 3. The van der Waals surface area contributed by atoms with Crippen LogP contribution in [0.3, 0.4) is 0 Å². The molecule has 7 heteroatoms. The molecular formula is C25H22BrN3O2S. The van der Waals surface area contributed by atoms with Crippen LogP contribution in [-0.4, -0.2) is 21.2 Å². The molecule has 5 nitrogen and oxygen atoms in total. The summed E-state index contributed by atoms with van der Waals surface area (Å²) in [6, 6.07) is 19.0. The van der Waals surface area contributed by atoms with E-state index in [0.29, 0.717) is 21.7 Å². The molecule has 0 aliphatic carbocycles. The average Bonchev–Trinajstić information content (AvgIpc) is 2.75. The number of hydrogen-bond acceptors (Lipinski definition) is 4. The van der Waals surface area contributed by atoms with Gasteiger partial charge in [-0.05, 0) is 78.2 Å². The number of amides is 1. The Morgan fingerprint density at radius 3 is 2.50 bits per heavy atom. The number of anilines is 1. The number of para-hydroxylation sites is 1. The number of nitrogens with one attached hydrogen (secondary N) is 1. The highest BCUT2D eigenvalue weighted by Crippen LogP contribution is 2.26. The van der Waals surface area contributed by atoms with Gasteiger partial charge in [0.15, 0.2) is 5.16 Å². The van der Waals surface area contributed by atoms with Crippen LogP contribution in [0.25, 0.3) is 16.6 Å². The number of benzene rings is 3. The third-order valence-electron chi connectivity index (χ3n) is 5.07. The molecular weight excluding hydrogens is 486 g/mol. The van der Waals surface area contributed by atoms with Crippen molar-refractivity contribution in [2.24, 2.45) is 0 Å². The van der Waals surface area contributed by atoms with Gasteiger partial charge >= 0.3 is 0 Å². The molecule has 3 aromatic carbocycles. The van der Waals surface area contributed by atoms with Gasteiger partial charge in [-0.25, -0.2) is 4.98 Å². The first-order chi connectivity index (χ1) is 15.3. The first-order valence-electron chi connectivity index (χ1n) is 10.1. The fourth-order valence-corrected chi connectivity index (χ4v) is 4.91. The van der Waals surface area contributed by atoms with Crippen LogP contribution in [0.4, 0.5) is 5.69 Å². The third kappa shape index (κ3) is 4.64. The lowest BCUT2D eigenvalue weighted by atomic mass is 10.1. The number of hydrogen-bond donors (Lipinski definition) is 1. The maximum absolute atomic E-state index is 13.4. The zero-order valence-corrected chi connectivity index (χ0v) is 20.4. The van der Waals surface area contributed by atoms with Crippen LogP contribution in [0.2, 0.25) is 0 Å². The van der Waals surface area contributed by atoms with Crippen LogP contribution >= 0.6 is 27.7 Å². The minimum absolute atomic E-state index is 0.121. The first-order valence-corrected chi connectivity index (χ1v) is 11.9. The highest BCUT2D eigenvalue weighted by Gasteiger charge is 2.16. The molecule has 4 aromatic rings. The third-order valence-corrected chi connectivity index (χ3v) is 6.66. The first kappa shape index (κ1) is 22.3. The molecule has 1 aromatic heterocycles. The number of halogens is 1. The monoisotopic (exact) mass is 507 g/mol. The summed E-state index contributed by atoms with van der Waals surface area (Å²) in [7, 11) is 0. The van der Waals surface area contributed by atoms with Crippen LogP contribution < -0.4 is 10.9 Å². The Morgan fingerprint density at radius 1 is 1.03 bits per heavy atom. The fraction of sp³-hybridized carbons (Fsp3) is 0.160. The largest absolute Gasteiger partial charge is 0.324 e. The number of thioether (sulfide) groups is 1. The Balaban J connectivity index is 1.69. The van der Waals surface area contributed by atoms with E-state index in [1.165, 1.54) is 11.8 Å². The van der Waals surface area contributed by atoms with Gasteiger partial charge in [0.25, 0.3) is 5.56 Å². The summed E-state index contributed by atoms with van der Waals surface area (Å²) in [6.45, 7) is 5.98. The van der Waals surface area contributed by atoms with E-state index in [-0.39, 0.29) is 17.2 Å². The van der Waals surface area contributed by atoms with Crippen LogP contribution in [0.1, 0.15) is 16.7 Å². The van der Waals surface area contributed by atoms with Gasteiger partial charge in [-0.1, -0.05) is 47.7 Å². The molecule has 0 saturated carbocycles. The van der Waals surface area contributed by atoms with Gasteiger partial charge in [0.1, 0.15) is 0 Å². The van der Waals surface area contributed by atoms with Crippen molar-refractivity contribution in [3.8, 4) is 5.69 Å². The zero-order valence-electron chi connectivity index (χ0n) is 18.0. The predicted octanol–water partition coefficient (Wildman–Crippen LogP) is 5.80. The van der Waals surface area contributed by atoms with E-state index in [0.717, 1.165) is 26.9 Å². The molecule has 0 unspecified atom stereocenters. The molecule has 1 amide bonds. The summed E-state index contributed by atoms with van der Waals surface area (Å²) >= 11 is 4.73. The van der Waals surface area contributed by atoms with E-state index in [1.54, 1.807) is 10.6 Å². The van der Waals surface area contributed by atoms with Crippen molar-refractivity contribution in [3.05, 3.63) is 92.2 Å². The van der Waals surface area contributed by atoms with E-state index in [2.05, 4.69) is 21.2 Å². The summed E-state index contributed by atoms with van der Waals surface area (Å²) in [6.07, 6.45) is 0. The minimum atomic E-state index is -0.172. The Labute approximate surface area is 199 Å². The van der Waals surface area contributed by atoms with Crippen molar-refractivity contribution in [2.75, 3.05) is 11.1 Å². The van der Waals surface area contributed by atoms with Gasteiger partial charge in [0.2, 0.25) is 5.91 Å². The van der Waals surface area contributed by atoms with E-state index in [4.69, 9.17) is 4.98 Å². The Hall–Kier alpha value is -2.90. The molecule has 4 rings (SSSR count). The molecule has 0 aliphatic heterocycles. The van der Waals surface area contributed by atoms with Gasteiger partial charge in [-0.2, -0.15) is 0 Å². The SMILES string of the molecule is Cc1ccc(-n2c(SCC(=O)Nc3ccc(C)cc3Br)nc3ccccc3c2=O)c(C)c1. The second kappa shape index (κ2) is 9.30. The maximum Gasteiger partial charge on any atom is 0.266 e. The van der Waals surface area contributed by atoms with Crippen LogP contribution in [-0.2, 0) is 4.79 Å². The molecule has 162 valence electrons. The molecule has 0 radical (unpaired) electrons. The minimum Gasteiger partial charge on any atom is -0.324 e. The summed E-state index contributed by atoms with van der Waals surface area (Å²) < 4.78 is 2.43. The quantitative estimate of drug-likeness (QED) is 0.273. The Morgan fingerprint density at radius 2 is 1.75 bits per heavy atom. The summed E-state index contributed by atoms with van der Waals surface area (Å²) in [5.74, 6) is -0.0511. The van der Waals surface area contributed by atoms with Crippen molar-refractivity contribution in [1.82, 2.24) is 9.55 Å². The molecule has 0 aliphatic rings. The number of fused-ring (bicyclic) bond motifs is 1. The van der Waals surface area contributed by atoms with Crippen molar-refractivity contribution in [2.45, 2.75) is 25.9 Å². The highest BCUT2D eigenvalue weighted by atomic mass is 79.9. The zero-order chi connectivity index (χ0) is 22.8. The van der Waals surface area contributed by atoms with E-state index < -0.39 is 0 Å². The molecule has 32 heavy (non-hydrogen) atoms. The lowest BCUT2D eigenvalue weighted by Crippen LogP contribution is -2.23. The number of nitrogens with zero attached hydrogens (tertiary/aromatic N) is 2. The summed E-state index contributed by atoms with van der Waals surface area (Å²) in [5.41, 5.74) is 5.13. The molecule has 0 atom stereocenters. The van der Waals surface area contributed by atoms with Crippen LogP contribution in [0, 0.1) is 20.8 Å². The summed E-state index contributed by atoms with van der Waals surface area (Å²) in [5, 5.41) is 3.95. The lowest BCUT2D eigenvalue weighted by Gasteiger charge is -2.15. The number of rotatable bonds is 5. The van der Waals surface area contributed by atoms with Crippen molar-refractivity contribution >= 4 is 50.2 Å². The normalized spacial score (nSPS) is 11.0. The summed E-state index contributed by atoms with van der Waals surface area (Å²) in [4.78, 5) is 30.8. The van der Waals surface area contributed by atoms with Crippen molar-refractivity contribution in [3.63, 3.8) is 0 Å². The smallest absolute Gasteiger partial charge is 0.266 e. The number of carbonyl (C=O) groups excluding carboxylic acids is 1. The fourth-order valence-electron chi connectivity index (χ4n) is 3.52. The average molecular weight is 508 g/mol. The second-order valence-electron chi connectivity index (χ2n) is 7.66. The maximum atomic E-state index is 13.4. The van der Waals surface area contributed by atoms with Crippen molar-refractivity contribution < 1.29 is 4.79 Å². The van der Waals surface area contributed by atoms with Gasteiger partial charge in [-0.15, -0.1) is 0 Å². The predicted molar refractivity (Wildman–Crippen MR) is 135 cm³/mol. The van der Waals surface area contributed by atoms with E-state index in [9.17, 15) is 9.59 Å². The molecule has 0 spiro atoms. The highest BCUT2D eigenvalue weighted by molar-refractivity contribution is 9.10. The Bertz CT molecular complexity index is 1400. The molecule has 0 bridgehead atoms. The Kier molecular flexibility index (Phi) is 6.48.